The molecule has 20 heavy (non-hydrogen) atoms. The molecule has 0 unspecified atom stereocenters. The molecule has 7 heteroatoms. The van der Waals surface area contributed by atoms with Crippen molar-refractivity contribution >= 4 is 23.8 Å². The lowest BCUT2D eigenvalue weighted by Gasteiger charge is -2.26. The van der Waals surface area contributed by atoms with Gasteiger partial charge in [-0.05, 0) is 12.3 Å². The minimum absolute atomic E-state index is 0.224. The maximum Gasteiger partial charge on any atom is 0.326 e. The van der Waals surface area contributed by atoms with Gasteiger partial charge in [-0.1, -0.05) is 13.8 Å². The number of urea groups is 1. The lowest BCUT2D eigenvalue weighted by atomic mass is 10.0. The van der Waals surface area contributed by atoms with E-state index >= 15 is 0 Å². The second-order valence-electron chi connectivity index (χ2n) is 5.37. The molecule has 1 heterocycles. The van der Waals surface area contributed by atoms with Gasteiger partial charge in [0.1, 0.15) is 6.04 Å². The molecule has 0 aliphatic carbocycles. The van der Waals surface area contributed by atoms with Crippen molar-refractivity contribution in [2.24, 2.45) is 5.92 Å². The van der Waals surface area contributed by atoms with Gasteiger partial charge < -0.3 is 15.7 Å². The average Bonchev–Trinajstić information content (AvgIpc) is 2.38. The van der Waals surface area contributed by atoms with E-state index in [2.05, 4.69) is 15.5 Å². The van der Waals surface area contributed by atoms with Gasteiger partial charge in [-0.15, -0.1) is 0 Å². The molecular formula is C13H25N3O3S. The molecule has 0 aromatic heterocycles. The molecule has 6 nitrogen and oxygen atoms in total. The van der Waals surface area contributed by atoms with Crippen LogP contribution in [-0.4, -0.2) is 65.7 Å². The number of rotatable bonds is 7. The van der Waals surface area contributed by atoms with Crippen molar-refractivity contribution in [1.82, 2.24) is 15.5 Å². The highest BCUT2D eigenvalue weighted by Gasteiger charge is 2.20. The molecule has 3 N–H and O–H groups in total. The predicted molar refractivity (Wildman–Crippen MR) is 81.2 cm³/mol. The monoisotopic (exact) mass is 303 g/mol. The van der Waals surface area contributed by atoms with Gasteiger partial charge in [0.25, 0.3) is 0 Å². The van der Waals surface area contributed by atoms with Crippen LogP contribution in [0.25, 0.3) is 0 Å². The standard InChI is InChI=1S/C13H25N3O3S/c1-10(2)9-11(12(17)18)15-13(19)14-3-4-16-5-7-20-8-6-16/h10-11H,3-9H2,1-2H3,(H,17,18)(H2,14,15,19)/t11-/m0/s1. The van der Waals surface area contributed by atoms with Gasteiger partial charge in [-0.25, -0.2) is 9.59 Å². The molecule has 0 aromatic rings. The number of carboxylic acids is 1. The van der Waals surface area contributed by atoms with Crippen molar-refractivity contribution < 1.29 is 14.7 Å². The summed E-state index contributed by atoms with van der Waals surface area (Å²) in [5.74, 6) is 1.52. The van der Waals surface area contributed by atoms with Gasteiger partial charge in [0, 0.05) is 37.7 Å². The number of carbonyl (C=O) groups is 2. The number of carboxylic acid groups (broad SMARTS) is 1. The SMILES string of the molecule is CC(C)C[C@H](NC(=O)NCCN1CCSCC1)C(=O)O. The number of thioether (sulfide) groups is 1. The summed E-state index contributed by atoms with van der Waals surface area (Å²) in [6.45, 7) is 7.34. The molecule has 0 radical (unpaired) electrons. The van der Waals surface area contributed by atoms with Crippen LogP contribution in [0.15, 0.2) is 0 Å². The van der Waals surface area contributed by atoms with Gasteiger partial charge in [0.15, 0.2) is 0 Å². The zero-order chi connectivity index (χ0) is 15.0. The highest BCUT2D eigenvalue weighted by Crippen LogP contribution is 2.08. The molecule has 0 spiro atoms. The summed E-state index contributed by atoms with van der Waals surface area (Å²) in [4.78, 5) is 25.0. The number of hydrogen-bond donors (Lipinski definition) is 3. The molecule has 1 fully saturated rings. The van der Waals surface area contributed by atoms with Crippen LogP contribution >= 0.6 is 11.8 Å². The molecule has 1 rings (SSSR count). The molecule has 1 aliphatic rings. The van der Waals surface area contributed by atoms with E-state index in [1.165, 1.54) is 0 Å². The second-order valence-corrected chi connectivity index (χ2v) is 6.60. The Morgan fingerprint density at radius 2 is 1.95 bits per heavy atom. The zero-order valence-electron chi connectivity index (χ0n) is 12.2. The summed E-state index contributed by atoms with van der Waals surface area (Å²) in [7, 11) is 0. The molecule has 0 aromatic carbocycles. The highest BCUT2D eigenvalue weighted by atomic mass is 32.2. The van der Waals surface area contributed by atoms with Gasteiger partial charge in [-0.3, -0.25) is 4.90 Å². The van der Waals surface area contributed by atoms with E-state index in [0.29, 0.717) is 13.0 Å². The van der Waals surface area contributed by atoms with Crippen LogP contribution in [0, 0.1) is 5.92 Å². The summed E-state index contributed by atoms with van der Waals surface area (Å²) in [6.07, 6.45) is 0.437. The van der Waals surface area contributed by atoms with Gasteiger partial charge in [0.05, 0.1) is 0 Å². The molecule has 116 valence electrons. The van der Waals surface area contributed by atoms with Crippen LogP contribution in [0.5, 0.6) is 0 Å². The number of nitrogens with one attached hydrogen (secondary N) is 2. The average molecular weight is 303 g/mol. The zero-order valence-corrected chi connectivity index (χ0v) is 13.0. The minimum atomic E-state index is -0.984. The van der Waals surface area contributed by atoms with E-state index in [1.807, 2.05) is 25.6 Å². The topological polar surface area (TPSA) is 81.7 Å². The first-order chi connectivity index (χ1) is 9.49. The number of nitrogens with zero attached hydrogens (tertiary/aromatic N) is 1. The van der Waals surface area contributed by atoms with Crippen molar-refractivity contribution in [3.05, 3.63) is 0 Å². The normalized spacial score (nSPS) is 17.8. The highest BCUT2D eigenvalue weighted by molar-refractivity contribution is 7.99. The van der Waals surface area contributed by atoms with Crippen molar-refractivity contribution in [1.29, 1.82) is 0 Å². The predicted octanol–water partition coefficient (Wildman–Crippen LogP) is 0.834. The molecule has 0 bridgehead atoms. The van der Waals surface area contributed by atoms with Gasteiger partial charge in [0.2, 0.25) is 0 Å². The second kappa shape index (κ2) is 9.07. The molecule has 1 atom stereocenters. The Hall–Kier alpha value is -0.950. The van der Waals surface area contributed by atoms with Crippen LogP contribution in [0.4, 0.5) is 4.79 Å². The Balaban J connectivity index is 2.21. The molecular weight excluding hydrogens is 278 g/mol. The minimum Gasteiger partial charge on any atom is -0.480 e. The summed E-state index contributed by atoms with van der Waals surface area (Å²) in [6, 6.07) is -1.22. The van der Waals surface area contributed by atoms with Crippen molar-refractivity contribution in [3.63, 3.8) is 0 Å². The maximum atomic E-state index is 11.7. The van der Waals surface area contributed by atoms with E-state index < -0.39 is 18.0 Å². The van der Waals surface area contributed by atoms with Crippen molar-refractivity contribution in [3.8, 4) is 0 Å². The van der Waals surface area contributed by atoms with Crippen molar-refractivity contribution in [2.75, 3.05) is 37.7 Å². The third-order valence-corrected chi connectivity index (χ3v) is 4.07. The Bertz CT molecular complexity index is 320. The largest absolute Gasteiger partial charge is 0.480 e. The first-order valence-corrected chi connectivity index (χ1v) is 8.21. The van der Waals surface area contributed by atoms with Gasteiger partial charge in [-0.2, -0.15) is 11.8 Å². The lowest BCUT2D eigenvalue weighted by molar-refractivity contribution is -0.139. The summed E-state index contributed by atoms with van der Waals surface area (Å²) in [5.41, 5.74) is 0. The molecule has 1 saturated heterocycles. The van der Waals surface area contributed by atoms with Crippen LogP contribution in [0.1, 0.15) is 20.3 Å². The number of carbonyl (C=O) groups excluding carboxylic acids is 1. The third-order valence-electron chi connectivity index (χ3n) is 3.13. The summed E-state index contributed by atoms with van der Waals surface area (Å²) < 4.78 is 0. The van der Waals surface area contributed by atoms with Crippen molar-refractivity contribution in [2.45, 2.75) is 26.3 Å². The Morgan fingerprint density at radius 3 is 2.50 bits per heavy atom. The summed E-state index contributed by atoms with van der Waals surface area (Å²) >= 11 is 1.95. The molecule has 0 saturated carbocycles. The quantitative estimate of drug-likeness (QED) is 0.649. The van der Waals surface area contributed by atoms with E-state index in [9.17, 15) is 9.59 Å². The number of aliphatic carboxylic acids is 1. The number of hydrogen-bond acceptors (Lipinski definition) is 4. The Morgan fingerprint density at radius 1 is 1.30 bits per heavy atom. The van der Waals surface area contributed by atoms with Crippen LogP contribution in [0.2, 0.25) is 0 Å². The Kier molecular flexibility index (Phi) is 7.76. The third kappa shape index (κ3) is 7.00. The summed E-state index contributed by atoms with van der Waals surface area (Å²) in [5, 5.41) is 14.3. The first-order valence-electron chi connectivity index (χ1n) is 7.06. The maximum absolute atomic E-state index is 11.7. The fourth-order valence-electron chi connectivity index (χ4n) is 2.05. The van der Waals surface area contributed by atoms with E-state index in [0.717, 1.165) is 31.1 Å². The first kappa shape index (κ1) is 17.1. The van der Waals surface area contributed by atoms with Gasteiger partial charge >= 0.3 is 12.0 Å². The van der Waals surface area contributed by atoms with E-state index in [1.54, 1.807) is 0 Å². The van der Waals surface area contributed by atoms with Crippen LogP contribution in [-0.2, 0) is 4.79 Å². The van der Waals surface area contributed by atoms with E-state index in [-0.39, 0.29) is 5.92 Å². The fraction of sp³-hybridized carbons (Fsp3) is 0.846. The van der Waals surface area contributed by atoms with Crippen LogP contribution in [0.3, 0.4) is 0 Å². The van der Waals surface area contributed by atoms with E-state index in [4.69, 9.17) is 5.11 Å². The molecule has 2 amide bonds. The fourth-order valence-corrected chi connectivity index (χ4v) is 3.03. The smallest absolute Gasteiger partial charge is 0.326 e. The van der Waals surface area contributed by atoms with Crippen LogP contribution < -0.4 is 10.6 Å². The lowest BCUT2D eigenvalue weighted by Crippen LogP contribution is -2.48. The molecule has 1 aliphatic heterocycles. The Labute approximate surface area is 124 Å². The number of amides is 2.